The molecule has 0 N–H and O–H groups in total. The highest BCUT2D eigenvalue weighted by atomic mass is 32.2. The van der Waals surface area contributed by atoms with E-state index in [9.17, 15) is 13.2 Å². The summed E-state index contributed by atoms with van der Waals surface area (Å²) in [5, 5.41) is 0. The van der Waals surface area contributed by atoms with Crippen LogP contribution in [-0.2, 0) is 21.4 Å². The van der Waals surface area contributed by atoms with Gasteiger partial charge in [0.25, 0.3) is 15.9 Å². The third-order valence-electron chi connectivity index (χ3n) is 5.26. The van der Waals surface area contributed by atoms with Gasteiger partial charge in [-0.05, 0) is 62.7 Å². The van der Waals surface area contributed by atoms with Crippen molar-refractivity contribution in [1.29, 1.82) is 0 Å². The van der Waals surface area contributed by atoms with E-state index >= 15 is 0 Å². The van der Waals surface area contributed by atoms with E-state index in [-0.39, 0.29) is 22.9 Å². The summed E-state index contributed by atoms with van der Waals surface area (Å²) < 4.78 is 32.5. The Morgan fingerprint density at radius 3 is 1.94 bits per heavy atom. The second-order valence-electron chi connectivity index (χ2n) is 8.70. The zero-order valence-electron chi connectivity index (χ0n) is 19.4. The molecule has 0 atom stereocenters. The average Bonchev–Trinajstić information content (AvgIpc) is 2.81. The van der Waals surface area contributed by atoms with Gasteiger partial charge < -0.3 is 9.64 Å². The number of carbonyl (C=O) groups excluding carboxylic acids is 1. The first kappa shape index (κ1) is 24.3. The maximum atomic E-state index is 12.9. The van der Waals surface area contributed by atoms with Gasteiger partial charge in [-0.3, -0.25) is 9.10 Å². The van der Waals surface area contributed by atoms with Crippen molar-refractivity contribution in [3.63, 3.8) is 0 Å². The van der Waals surface area contributed by atoms with Gasteiger partial charge in [0.15, 0.2) is 6.61 Å². The molecule has 0 aliphatic rings. The van der Waals surface area contributed by atoms with Gasteiger partial charge in [0.05, 0.1) is 10.6 Å². The summed E-state index contributed by atoms with van der Waals surface area (Å²) in [6.45, 7) is 6.36. The molecule has 0 saturated heterocycles. The maximum absolute atomic E-state index is 12.9. The Morgan fingerprint density at radius 2 is 1.39 bits per heavy atom. The van der Waals surface area contributed by atoms with Crippen molar-refractivity contribution in [2.45, 2.75) is 37.8 Å². The molecule has 0 fully saturated rings. The number of amides is 1. The molecule has 7 heteroatoms. The van der Waals surface area contributed by atoms with E-state index in [1.54, 1.807) is 59.5 Å². The van der Waals surface area contributed by atoms with E-state index in [0.717, 1.165) is 5.56 Å². The highest BCUT2D eigenvalue weighted by Crippen LogP contribution is 2.25. The number of carbonyl (C=O) groups is 1. The van der Waals surface area contributed by atoms with Crippen LogP contribution in [0.3, 0.4) is 0 Å². The Bertz CT molecular complexity index is 1160. The number of anilines is 1. The third kappa shape index (κ3) is 6.14. The molecule has 6 nitrogen and oxygen atoms in total. The lowest BCUT2D eigenvalue weighted by Gasteiger charge is -2.35. The molecule has 0 spiro atoms. The number of rotatable bonds is 8. The third-order valence-corrected chi connectivity index (χ3v) is 7.06. The summed E-state index contributed by atoms with van der Waals surface area (Å²) in [7, 11) is -2.15. The normalized spacial score (nSPS) is 11.6. The number of hydrogen-bond acceptors (Lipinski definition) is 4. The van der Waals surface area contributed by atoms with Gasteiger partial charge in [0.1, 0.15) is 5.75 Å². The van der Waals surface area contributed by atoms with Crippen LogP contribution < -0.4 is 9.04 Å². The molecular formula is C26H30N2O4S. The monoisotopic (exact) mass is 466 g/mol. The van der Waals surface area contributed by atoms with Gasteiger partial charge in [-0.2, -0.15) is 0 Å². The lowest BCUT2D eigenvalue weighted by Crippen LogP contribution is -2.47. The van der Waals surface area contributed by atoms with E-state index in [2.05, 4.69) is 0 Å². The van der Waals surface area contributed by atoms with Crippen LogP contribution in [0.5, 0.6) is 5.75 Å². The molecule has 174 valence electrons. The van der Waals surface area contributed by atoms with Gasteiger partial charge in [-0.15, -0.1) is 0 Å². The lowest BCUT2D eigenvalue weighted by molar-refractivity contribution is -0.139. The molecule has 0 radical (unpaired) electrons. The van der Waals surface area contributed by atoms with Gasteiger partial charge in [0.2, 0.25) is 0 Å². The Hall–Kier alpha value is -3.32. The first-order chi connectivity index (χ1) is 15.6. The molecule has 33 heavy (non-hydrogen) atoms. The molecule has 1 amide bonds. The van der Waals surface area contributed by atoms with Gasteiger partial charge in [-0.1, -0.05) is 48.5 Å². The fourth-order valence-electron chi connectivity index (χ4n) is 3.33. The highest BCUT2D eigenvalue weighted by molar-refractivity contribution is 7.92. The molecule has 3 rings (SSSR count). The summed E-state index contributed by atoms with van der Waals surface area (Å²) in [5.41, 5.74) is 1.18. The van der Waals surface area contributed by atoms with Crippen molar-refractivity contribution < 1.29 is 17.9 Å². The highest BCUT2D eigenvalue weighted by Gasteiger charge is 2.27. The Morgan fingerprint density at radius 1 is 0.848 bits per heavy atom. The average molecular weight is 467 g/mol. The summed E-state index contributed by atoms with van der Waals surface area (Å²) in [5.74, 6) is 0.366. The van der Waals surface area contributed by atoms with Crippen molar-refractivity contribution in [1.82, 2.24) is 4.90 Å². The quantitative estimate of drug-likeness (QED) is 0.482. The van der Waals surface area contributed by atoms with Crippen LogP contribution in [0.4, 0.5) is 5.69 Å². The number of sulfonamides is 1. The maximum Gasteiger partial charge on any atom is 0.264 e. The fraction of sp³-hybridized carbons (Fsp3) is 0.269. The predicted octanol–water partition coefficient (Wildman–Crippen LogP) is 4.72. The van der Waals surface area contributed by atoms with Crippen LogP contribution in [0.25, 0.3) is 0 Å². The molecule has 0 aliphatic heterocycles. The fourth-order valence-corrected chi connectivity index (χ4v) is 4.55. The van der Waals surface area contributed by atoms with Crippen LogP contribution in [-0.4, -0.2) is 38.4 Å². The molecule has 0 aromatic heterocycles. The minimum Gasteiger partial charge on any atom is -0.484 e. The summed E-state index contributed by atoms with van der Waals surface area (Å²) in [6, 6.07) is 24.7. The van der Waals surface area contributed by atoms with Crippen LogP contribution in [0.15, 0.2) is 89.8 Å². The molecule has 0 aliphatic carbocycles. The van der Waals surface area contributed by atoms with Crippen LogP contribution >= 0.6 is 0 Å². The van der Waals surface area contributed by atoms with Gasteiger partial charge in [0, 0.05) is 19.1 Å². The molecule has 0 unspecified atom stereocenters. The van der Waals surface area contributed by atoms with Crippen molar-refractivity contribution in [3.8, 4) is 5.75 Å². The summed E-state index contributed by atoms with van der Waals surface area (Å²) in [4.78, 5) is 15.0. The number of hydrogen-bond donors (Lipinski definition) is 0. The van der Waals surface area contributed by atoms with Crippen molar-refractivity contribution >= 4 is 21.6 Å². The Kier molecular flexibility index (Phi) is 7.43. The largest absolute Gasteiger partial charge is 0.484 e. The number of ether oxygens (including phenoxy) is 1. The van der Waals surface area contributed by atoms with Crippen LogP contribution in [0.1, 0.15) is 26.3 Å². The molecule has 0 heterocycles. The lowest BCUT2D eigenvalue weighted by atomic mass is 10.0. The van der Waals surface area contributed by atoms with E-state index in [1.807, 2.05) is 51.1 Å². The second kappa shape index (κ2) is 10.1. The number of nitrogens with zero attached hydrogens (tertiary/aromatic N) is 2. The SMILES string of the molecule is CN(c1ccc(OCC(=O)N(Cc2ccccc2)C(C)(C)C)cc1)S(=O)(=O)c1ccccc1. The van der Waals surface area contributed by atoms with Gasteiger partial charge in [-0.25, -0.2) is 8.42 Å². The summed E-state index contributed by atoms with van der Waals surface area (Å²) >= 11 is 0. The van der Waals surface area contributed by atoms with Crippen molar-refractivity contribution in [2.24, 2.45) is 0 Å². The first-order valence-corrected chi connectivity index (χ1v) is 12.1. The minimum absolute atomic E-state index is 0.110. The zero-order valence-corrected chi connectivity index (χ0v) is 20.2. The van der Waals surface area contributed by atoms with Crippen molar-refractivity contribution in [3.05, 3.63) is 90.5 Å². The van der Waals surface area contributed by atoms with Gasteiger partial charge >= 0.3 is 0 Å². The Balaban J connectivity index is 1.66. The number of benzene rings is 3. The zero-order chi connectivity index (χ0) is 24.1. The second-order valence-corrected chi connectivity index (χ2v) is 10.7. The van der Waals surface area contributed by atoms with Crippen LogP contribution in [0, 0.1) is 0 Å². The van der Waals surface area contributed by atoms with Crippen LogP contribution in [0.2, 0.25) is 0 Å². The molecule has 3 aromatic rings. The first-order valence-electron chi connectivity index (χ1n) is 10.7. The Labute approximate surface area is 196 Å². The standard InChI is InChI=1S/C26H30N2O4S/c1-26(2,3)28(19-21-11-7-5-8-12-21)25(29)20-32-23-17-15-22(16-18-23)27(4)33(30,31)24-13-9-6-10-14-24/h5-18H,19-20H2,1-4H3. The molecular weight excluding hydrogens is 436 g/mol. The molecule has 0 saturated carbocycles. The van der Waals surface area contributed by atoms with E-state index in [0.29, 0.717) is 18.0 Å². The minimum atomic E-state index is -3.66. The smallest absolute Gasteiger partial charge is 0.264 e. The molecule has 3 aromatic carbocycles. The molecule has 0 bridgehead atoms. The summed E-state index contributed by atoms with van der Waals surface area (Å²) in [6.07, 6.45) is 0. The predicted molar refractivity (Wildman–Crippen MR) is 131 cm³/mol. The van der Waals surface area contributed by atoms with E-state index in [1.165, 1.54) is 11.4 Å². The van der Waals surface area contributed by atoms with Crippen molar-refractivity contribution in [2.75, 3.05) is 18.0 Å². The van der Waals surface area contributed by atoms with E-state index in [4.69, 9.17) is 4.74 Å². The van der Waals surface area contributed by atoms with E-state index < -0.39 is 10.0 Å². The topological polar surface area (TPSA) is 66.9 Å².